The normalized spacial score (nSPS) is 22.0. The van der Waals surface area contributed by atoms with Gasteiger partial charge in [-0.25, -0.2) is 0 Å². The predicted molar refractivity (Wildman–Crippen MR) is 82.7 cm³/mol. The third-order valence-corrected chi connectivity index (χ3v) is 3.69. The van der Waals surface area contributed by atoms with Gasteiger partial charge < -0.3 is 16.4 Å². The van der Waals surface area contributed by atoms with Gasteiger partial charge in [0.05, 0.1) is 0 Å². The van der Waals surface area contributed by atoms with Crippen LogP contribution in [0.2, 0.25) is 0 Å². The zero-order valence-electron chi connectivity index (χ0n) is 12.5. The molecule has 20 heavy (non-hydrogen) atoms. The fourth-order valence-electron chi connectivity index (χ4n) is 2.39. The highest BCUT2D eigenvalue weighted by molar-refractivity contribution is 5.85. The highest BCUT2D eigenvalue weighted by Gasteiger charge is 2.23. The van der Waals surface area contributed by atoms with Gasteiger partial charge in [-0.05, 0) is 18.8 Å². The van der Waals surface area contributed by atoms with Crippen LogP contribution in [0.4, 0.5) is 0 Å². The SMILES string of the molecule is CC(C)C(=O)NCCNC(=O)CC1CCCCC1N.Cl. The highest BCUT2D eigenvalue weighted by atomic mass is 35.5. The van der Waals surface area contributed by atoms with Crippen molar-refractivity contribution in [2.75, 3.05) is 13.1 Å². The van der Waals surface area contributed by atoms with Crippen molar-refractivity contribution in [2.24, 2.45) is 17.6 Å². The summed E-state index contributed by atoms with van der Waals surface area (Å²) >= 11 is 0. The first-order valence-corrected chi connectivity index (χ1v) is 7.30. The van der Waals surface area contributed by atoms with Crippen LogP contribution in [-0.2, 0) is 9.59 Å². The van der Waals surface area contributed by atoms with Crippen LogP contribution in [0.25, 0.3) is 0 Å². The van der Waals surface area contributed by atoms with Crippen LogP contribution >= 0.6 is 12.4 Å². The minimum absolute atomic E-state index is 0. The molecule has 0 bridgehead atoms. The summed E-state index contributed by atoms with van der Waals surface area (Å²) in [6.07, 6.45) is 4.96. The summed E-state index contributed by atoms with van der Waals surface area (Å²) in [5.74, 6) is 0.361. The Morgan fingerprint density at radius 2 is 1.75 bits per heavy atom. The molecule has 0 aliphatic heterocycles. The molecule has 0 saturated heterocycles. The fraction of sp³-hybridized carbons (Fsp3) is 0.857. The molecule has 4 N–H and O–H groups in total. The van der Waals surface area contributed by atoms with Gasteiger partial charge in [-0.3, -0.25) is 9.59 Å². The summed E-state index contributed by atoms with van der Waals surface area (Å²) in [6, 6.07) is 0.167. The second kappa shape index (κ2) is 10.00. The molecule has 1 rings (SSSR count). The van der Waals surface area contributed by atoms with Crippen LogP contribution in [0, 0.1) is 11.8 Å². The van der Waals surface area contributed by atoms with Crippen molar-refractivity contribution in [3.8, 4) is 0 Å². The van der Waals surface area contributed by atoms with Crippen LogP contribution in [0.3, 0.4) is 0 Å². The number of hydrogen-bond donors (Lipinski definition) is 3. The number of carbonyl (C=O) groups is 2. The van der Waals surface area contributed by atoms with Crippen LogP contribution in [0.15, 0.2) is 0 Å². The van der Waals surface area contributed by atoms with Gasteiger partial charge in [-0.15, -0.1) is 12.4 Å². The molecule has 0 aromatic rings. The zero-order valence-corrected chi connectivity index (χ0v) is 13.3. The first-order chi connectivity index (χ1) is 9.00. The lowest BCUT2D eigenvalue weighted by molar-refractivity contribution is -0.125. The van der Waals surface area contributed by atoms with Gasteiger partial charge in [0.2, 0.25) is 11.8 Å². The van der Waals surface area contributed by atoms with E-state index in [2.05, 4.69) is 10.6 Å². The van der Waals surface area contributed by atoms with E-state index in [1.807, 2.05) is 13.8 Å². The molecule has 1 aliphatic carbocycles. The topological polar surface area (TPSA) is 84.2 Å². The van der Waals surface area contributed by atoms with E-state index in [9.17, 15) is 9.59 Å². The molecule has 1 saturated carbocycles. The molecule has 0 spiro atoms. The van der Waals surface area contributed by atoms with Crippen molar-refractivity contribution >= 4 is 24.2 Å². The van der Waals surface area contributed by atoms with Gasteiger partial charge in [-0.2, -0.15) is 0 Å². The molecule has 0 radical (unpaired) electrons. The second-order valence-electron chi connectivity index (χ2n) is 5.71. The van der Waals surface area contributed by atoms with Crippen LogP contribution in [-0.4, -0.2) is 30.9 Å². The fourth-order valence-corrected chi connectivity index (χ4v) is 2.39. The van der Waals surface area contributed by atoms with Crippen molar-refractivity contribution in [2.45, 2.75) is 52.0 Å². The van der Waals surface area contributed by atoms with Crippen molar-refractivity contribution in [1.29, 1.82) is 0 Å². The van der Waals surface area contributed by atoms with Crippen LogP contribution < -0.4 is 16.4 Å². The van der Waals surface area contributed by atoms with E-state index in [1.165, 1.54) is 12.8 Å². The maximum absolute atomic E-state index is 11.8. The van der Waals surface area contributed by atoms with E-state index < -0.39 is 0 Å². The van der Waals surface area contributed by atoms with Gasteiger partial charge in [0.15, 0.2) is 0 Å². The Morgan fingerprint density at radius 3 is 2.35 bits per heavy atom. The Hall–Kier alpha value is -0.810. The number of amides is 2. The average Bonchev–Trinajstić information content (AvgIpc) is 2.37. The highest BCUT2D eigenvalue weighted by Crippen LogP contribution is 2.25. The zero-order chi connectivity index (χ0) is 14.3. The minimum atomic E-state index is -0.0176. The van der Waals surface area contributed by atoms with Crippen molar-refractivity contribution in [3.63, 3.8) is 0 Å². The number of hydrogen-bond acceptors (Lipinski definition) is 3. The quantitative estimate of drug-likeness (QED) is 0.645. The smallest absolute Gasteiger partial charge is 0.222 e. The van der Waals surface area contributed by atoms with E-state index in [1.54, 1.807) is 0 Å². The number of carbonyl (C=O) groups excluding carboxylic acids is 2. The minimum Gasteiger partial charge on any atom is -0.354 e. The van der Waals surface area contributed by atoms with Gasteiger partial charge >= 0.3 is 0 Å². The van der Waals surface area contributed by atoms with E-state index in [0.717, 1.165) is 12.8 Å². The van der Waals surface area contributed by atoms with Gasteiger partial charge in [-0.1, -0.05) is 26.7 Å². The van der Waals surface area contributed by atoms with Crippen molar-refractivity contribution < 1.29 is 9.59 Å². The summed E-state index contributed by atoms with van der Waals surface area (Å²) in [7, 11) is 0. The molecule has 2 atom stereocenters. The molecule has 1 aliphatic rings. The molecule has 2 unspecified atom stereocenters. The Kier molecular flexibility index (Phi) is 9.59. The molecule has 0 aromatic carbocycles. The lowest BCUT2D eigenvalue weighted by Crippen LogP contribution is -2.39. The molecule has 1 fully saturated rings. The maximum Gasteiger partial charge on any atom is 0.222 e. The summed E-state index contributed by atoms with van der Waals surface area (Å²) in [5, 5.41) is 5.61. The number of nitrogens with one attached hydrogen (secondary N) is 2. The van der Waals surface area contributed by atoms with E-state index in [-0.39, 0.29) is 36.2 Å². The number of halogens is 1. The number of nitrogens with two attached hydrogens (primary N) is 1. The Balaban J connectivity index is 0.00000361. The second-order valence-corrected chi connectivity index (χ2v) is 5.71. The van der Waals surface area contributed by atoms with E-state index >= 15 is 0 Å². The van der Waals surface area contributed by atoms with Gasteiger partial charge in [0, 0.05) is 31.5 Å². The van der Waals surface area contributed by atoms with Crippen LogP contribution in [0.5, 0.6) is 0 Å². The number of rotatable bonds is 6. The Bertz CT molecular complexity index is 311. The first-order valence-electron chi connectivity index (χ1n) is 7.30. The summed E-state index contributed by atoms with van der Waals surface area (Å²) in [4.78, 5) is 23.1. The molecular formula is C14H28ClN3O2. The van der Waals surface area contributed by atoms with Crippen molar-refractivity contribution in [3.05, 3.63) is 0 Å². The molecule has 118 valence electrons. The van der Waals surface area contributed by atoms with E-state index in [0.29, 0.717) is 25.4 Å². The molecule has 0 aromatic heterocycles. The monoisotopic (exact) mass is 305 g/mol. The van der Waals surface area contributed by atoms with Gasteiger partial charge in [0.25, 0.3) is 0 Å². The van der Waals surface area contributed by atoms with Gasteiger partial charge in [0.1, 0.15) is 0 Å². The summed E-state index contributed by atoms with van der Waals surface area (Å²) in [6.45, 7) is 4.66. The molecule has 5 nitrogen and oxygen atoms in total. The third-order valence-electron chi connectivity index (χ3n) is 3.69. The maximum atomic E-state index is 11.8. The lowest BCUT2D eigenvalue weighted by Gasteiger charge is -2.27. The van der Waals surface area contributed by atoms with Crippen LogP contribution in [0.1, 0.15) is 46.0 Å². The van der Waals surface area contributed by atoms with E-state index in [4.69, 9.17) is 5.73 Å². The Labute approximate surface area is 127 Å². The average molecular weight is 306 g/mol. The lowest BCUT2D eigenvalue weighted by atomic mass is 9.83. The molecule has 6 heteroatoms. The third kappa shape index (κ3) is 7.10. The largest absolute Gasteiger partial charge is 0.354 e. The molecular weight excluding hydrogens is 278 g/mol. The summed E-state index contributed by atoms with van der Waals surface area (Å²) in [5.41, 5.74) is 6.02. The molecule has 2 amide bonds. The first kappa shape index (κ1) is 19.2. The Morgan fingerprint density at radius 1 is 1.15 bits per heavy atom. The predicted octanol–water partition coefficient (Wildman–Crippen LogP) is 1.20. The summed E-state index contributed by atoms with van der Waals surface area (Å²) < 4.78 is 0. The van der Waals surface area contributed by atoms with Crippen molar-refractivity contribution in [1.82, 2.24) is 10.6 Å². The standard InChI is InChI=1S/C14H27N3O2.ClH/c1-10(2)14(19)17-8-7-16-13(18)9-11-5-3-4-6-12(11)15;/h10-12H,3-9,15H2,1-2H3,(H,16,18)(H,17,19);1H. The molecule has 0 heterocycles.